The van der Waals surface area contributed by atoms with Gasteiger partial charge in [-0.3, -0.25) is 4.90 Å². The number of piperazine rings is 1. The fourth-order valence-electron chi connectivity index (χ4n) is 2.14. The summed E-state index contributed by atoms with van der Waals surface area (Å²) >= 11 is 10.5. The first-order valence-corrected chi connectivity index (χ1v) is 9.58. The fourth-order valence-corrected chi connectivity index (χ4v) is 6.18. The number of hydrogen-bond acceptors (Lipinski definition) is 4. The molecule has 0 amide bonds. The van der Waals surface area contributed by atoms with Gasteiger partial charge in [0.15, 0.2) is 0 Å². The molecule has 0 unspecified atom stereocenters. The van der Waals surface area contributed by atoms with Crippen molar-refractivity contribution in [2.24, 2.45) is 0 Å². The Labute approximate surface area is 131 Å². The van der Waals surface area contributed by atoms with Crippen molar-refractivity contribution in [2.45, 2.75) is 11.8 Å². The van der Waals surface area contributed by atoms with Gasteiger partial charge in [-0.05, 0) is 28.9 Å². The summed E-state index contributed by atoms with van der Waals surface area (Å²) < 4.78 is 27.5. The summed E-state index contributed by atoms with van der Waals surface area (Å²) in [4.78, 5) is 3.44. The second-order valence-corrected chi connectivity index (χ2v) is 9.33. The predicted molar refractivity (Wildman–Crippen MR) is 82.7 cm³/mol. The molecule has 1 fully saturated rings. The number of nitrogens with zero attached hydrogens (tertiary/aromatic N) is 2. The minimum absolute atomic E-state index is 0.426. The Balaban J connectivity index is 2.12. The molecule has 1 aromatic heterocycles. The molecule has 0 atom stereocenters. The molecule has 0 aliphatic carbocycles. The van der Waals surface area contributed by atoms with E-state index < -0.39 is 10.0 Å². The molecule has 1 aliphatic heterocycles. The Hall–Kier alpha value is 0.340. The van der Waals surface area contributed by atoms with Crippen LogP contribution in [0.25, 0.3) is 0 Å². The lowest BCUT2D eigenvalue weighted by Gasteiger charge is -2.33. The van der Waals surface area contributed by atoms with Gasteiger partial charge in [-0.2, -0.15) is 4.31 Å². The summed E-state index contributed by atoms with van der Waals surface area (Å²) in [5, 5.41) is 0. The van der Waals surface area contributed by atoms with E-state index in [9.17, 15) is 8.42 Å². The molecule has 0 spiro atoms. The maximum Gasteiger partial charge on any atom is 0.244 e. The minimum Gasteiger partial charge on any atom is -0.300 e. The molecule has 1 saturated heterocycles. The van der Waals surface area contributed by atoms with Gasteiger partial charge in [0, 0.05) is 43.5 Å². The van der Waals surface area contributed by atoms with Crippen molar-refractivity contribution in [1.29, 1.82) is 0 Å². The molecule has 0 saturated carbocycles. The fraction of sp³-hybridized carbons (Fsp3) is 0.636. The van der Waals surface area contributed by atoms with Crippen molar-refractivity contribution in [3.8, 4) is 0 Å². The number of alkyl halides is 1. The highest BCUT2D eigenvalue weighted by atomic mass is 79.9. The molecule has 1 aliphatic rings. The Bertz CT molecular complexity index is 539. The lowest BCUT2D eigenvalue weighted by Crippen LogP contribution is -2.49. The van der Waals surface area contributed by atoms with Gasteiger partial charge in [0.2, 0.25) is 10.0 Å². The second-order valence-electron chi connectivity index (χ2n) is 4.41. The van der Waals surface area contributed by atoms with E-state index in [2.05, 4.69) is 20.8 Å². The van der Waals surface area contributed by atoms with Crippen LogP contribution in [-0.2, 0) is 10.0 Å². The lowest BCUT2D eigenvalue weighted by atomic mass is 10.4. The summed E-state index contributed by atoms with van der Waals surface area (Å²) in [6.07, 6.45) is 0. The van der Waals surface area contributed by atoms with Crippen LogP contribution in [0.3, 0.4) is 0 Å². The molecule has 19 heavy (non-hydrogen) atoms. The molecule has 0 N–H and O–H groups in total. The van der Waals surface area contributed by atoms with Crippen molar-refractivity contribution in [3.05, 3.63) is 14.7 Å². The van der Waals surface area contributed by atoms with Crippen molar-refractivity contribution in [3.63, 3.8) is 0 Å². The van der Waals surface area contributed by atoms with Crippen LogP contribution in [0.1, 0.15) is 4.88 Å². The first kappa shape index (κ1) is 15.7. The van der Waals surface area contributed by atoms with Gasteiger partial charge >= 0.3 is 0 Å². The smallest absolute Gasteiger partial charge is 0.244 e. The van der Waals surface area contributed by atoms with Gasteiger partial charge in [-0.1, -0.05) is 0 Å². The number of aryl methyl sites for hydroxylation is 1. The average molecular weight is 388 g/mol. The third-order valence-electron chi connectivity index (χ3n) is 3.19. The van der Waals surface area contributed by atoms with E-state index >= 15 is 0 Å². The Kier molecular flexibility index (Phi) is 5.30. The highest BCUT2D eigenvalue weighted by Gasteiger charge is 2.30. The normalized spacial score (nSPS) is 18.9. The number of rotatable bonds is 4. The van der Waals surface area contributed by atoms with E-state index in [1.54, 1.807) is 10.4 Å². The molecule has 2 rings (SSSR count). The maximum absolute atomic E-state index is 12.6. The van der Waals surface area contributed by atoms with E-state index in [0.717, 1.165) is 28.3 Å². The number of hydrogen-bond donors (Lipinski definition) is 0. The van der Waals surface area contributed by atoms with E-state index in [0.29, 0.717) is 23.9 Å². The largest absolute Gasteiger partial charge is 0.300 e. The van der Waals surface area contributed by atoms with Crippen molar-refractivity contribution in [1.82, 2.24) is 9.21 Å². The third kappa shape index (κ3) is 3.51. The summed E-state index contributed by atoms with van der Waals surface area (Å²) in [5.41, 5.74) is 0. The summed E-state index contributed by atoms with van der Waals surface area (Å²) in [5.74, 6) is 0.587. The first-order valence-electron chi connectivity index (χ1n) is 5.99. The van der Waals surface area contributed by atoms with Crippen LogP contribution in [-0.4, -0.2) is 56.2 Å². The zero-order valence-corrected chi connectivity index (χ0v) is 14.6. The lowest BCUT2D eigenvalue weighted by molar-refractivity contribution is 0.197. The van der Waals surface area contributed by atoms with E-state index in [1.807, 2.05) is 6.92 Å². The Morgan fingerprint density at radius 3 is 2.47 bits per heavy atom. The summed E-state index contributed by atoms with van der Waals surface area (Å²) in [7, 11) is -3.36. The SMILES string of the molecule is Cc1sc(Br)cc1S(=O)(=O)N1CCN(CCCl)CC1. The van der Waals surface area contributed by atoms with Crippen LogP contribution in [0.5, 0.6) is 0 Å². The zero-order chi connectivity index (χ0) is 14.0. The highest BCUT2D eigenvalue weighted by molar-refractivity contribution is 9.11. The number of sulfonamides is 1. The van der Waals surface area contributed by atoms with E-state index in [-0.39, 0.29) is 0 Å². The average Bonchev–Trinajstić information content (AvgIpc) is 2.70. The Morgan fingerprint density at radius 2 is 2.00 bits per heavy atom. The zero-order valence-electron chi connectivity index (χ0n) is 10.6. The first-order chi connectivity index (χ1) is 8.95. The molecular formula is C11H16BrClN2O2S2. The van der Waals surface area contributed by atoms with Gasteiger partial charge < -0.3 is 0 Å². The molecule has 0 bridgehead atoms. The van der Waals surface area contributed by atoms with Gasteiger partial charge in [0.25, 0.3) is 0 Å². The molecule has 108 valence electrons. The number of thiophene rings is 1. The van der Waals surface area contributed by atoms with Crippen LogP contribution in [0, 0.1) is 6.92 Å². The van der Waals surface area contributed by atoms with Gasteiger partial charge in [0.05, 0.1) is 8.68 Å². The molecule has 4 nitrogen and oxygen atoms in total. The van der Waals surface area contributed by atoms with Crippen LogP contribution in [0.2, 0.25) is 0 Å². The molecular weight excluding hydrogens is 372 g/mol. The van der Waals surface area contributed by atoms with E-state index in [1.165, 1.54) is 11.3 Å². The van der Waals surface area contributed by atoms with Crippen LogP contribution in [0.4, 0.5) is 0 Å². The van der Waals surface area contributed by atoms with Crippen LogP contribution >= 0.6 is 38.9 Å². The number of halogens is 2. The topological polar surface area (TPSA) is 40.6 Å². The maximum atomic E-state index is 12.6. The van der Waals surface area contributed by atoms with Crippen LogP contribution in [0.15, 0.2) is 14.7 Å². The van der Waals surface area contributed by atoms with Gasteiger partial charge in [0.1, 0.15) is 0 Å². The summed E-state index contributed by atoms with van der Waals surface area (Å²) in [6.45, 7) is 5.22. The minimum atomic E-state index is -3.36. The standard InChI is InChI=1S/C11H16BrClN2O2S2/c1-9-10(8-11(12)18-9)19(16,17)15-6-4-14(3-2-13)5-7-15/h8H,2-7H2,1H3. The molecule has 0 aromatic carbocycles. The van der Waals surface area contributed by atoms with E-state index in [4.69, 9.17) is 11.6 Å². The van der Waals surface area contributed by atoms with Crippen molar-refractivity contribution >= 4 is 48.9 Å². The molecule has 2 heterocycles. The van der Waals surface area contributed by atoms with Crippen LogP contribution < -0.4 is 0 Å². The van der Waals surface area contributed by atoms with Gasteiger partial charge in [-0.25, -0.2) is 8.42 Å². The van der Waals surface area contributed by atoms with Gasteiger partial charge in [-0.15, -0.1) is 22.9 Å². The highest BCUT2D eigenvalue weighted by Crippen LogP contribution is 2.31. The molecule has 0 radical (unpaired) electrons. The second kappa shape index (κ2) is 6.41. The van der Waals surface area contributed by atoms with Crippen molar-refractivity contribution < 1.29 is 8.42 Å². The predicted octanol–water partition coefficient (Wildman–Crippen LogP) is 2.36. The Morgan fingerprint density at radius 1 is 1.37 bits per heavy atom. The van der Waals surface area contributed by atoms with Crippen molar-refractivity contribution in [2.75, 3.05) is 38.6 Å². The quantitative estimate of drug-likeness (QED) is 0.745. The molecule has 8 heteroatoms. The summed E-state index contributed by atoms with van der Waals surface area (Å²) in [6, 6.07) is 1.69. The monoisotopic (exact) mass is 386 g/mol. The third-order valence-corrected chi connectivity index (χ3v) is 7.07. The molecule has 1 aromatic rings.